The molecule has 0 aliphatic carbocycles. The molecule has 0 unspecified atom stereocenters. The summed E-state index contributed by atoms with van der Waals surface area (Å²) in [6.45, 7) is 0. The van der Waals surface area contributed by atoms with Crippen LogP contribution in [0, 0.1) is 5.82 Å². The summed E-state index contributed by atoms with van der Waals surface area (Å²) in [5.74, 6) is -0.562. The van der Waals surface area contributed by atoms with Gasteiger partial charge < -0.3 is 0 Å². The molecule has 0 bridgehead atoms. The number of alkyl halides is 1. The van der Waals surface area contributed by atoms with E-state index in [4.69, 9.17) is 11.6 Å². The normalized spacial score (nSPS) is 11.6. The Balaban J connectivity index is 2.99. The average Bonchev–Trinajstić information content (AvgIpc) is 2.15. The first-order chi connectivity index (χ1) is 6.58. The Hall–Kier alpha value is -0.610. The monoisotopic (exact) mass is 236 g/mol. The first-order valence-electron chi connectivity index (χ1n) is 4.11. The maximum absolute atomic E-state index is 13.1. The van der Waals surface area contributed by atoms with Crippen LogP contribution >= 0.6 is 11.6 Å². The first-order valence-corrected chi connectivity index (χ1v) is 6.30. The lowest BCUT2D eigenvalue weighted by Crippen LogP contribution is -2.09. The van der Waals surface area contributed by atoms with Crippen molar-refractivity contribution in [3.8, 4) is 0 Å². The molecule has 0 aliphatic heterocycles. The summed E-state index contributed by atoms with van der Waals surface area (Å²) in [6.07, 6.45) is 0.332. The van der Waals surface area contributed by atoms with Crippen molar-refractivity contribution in [3.63, 3.8) is 0 Å². The Morgan fingerprint density at radius 1 is 1.29 bits per heavy atom. The molecule has 5 heteroatoms. The van der Waals surface area contributed by atoms with Gasteiger partial charge in [0.2, 0.25) is 0 Å². The molecule has 2 nitrogen and oxygen atoms in total. The molecule has 0 atom stereocenters. The van der Waals surface area contributed by atoms with Gasteiger partial charge >= 0.3 is 0 Å². The highest BCUT2D eigenvalue weighted by atomic mass is 35.5. The van der Waals surface area contributed by atoms with E-state index in [1.807, 2.05) is 0 Å². The van der Waals surface area contributed by atoms with Gasteiger partial charge in [-0.2, -0.15) is 0 Å². The van der Waals surface area contributed by atoms with Crippen molar-refractivity contribution < 1.29 is 12.8 Å². The van der Waals surface area contributed by atoms with Gasteiger partial charge in [0.1, 0.15) is 10.7 Å². The highest BCUT2D eigenvalue weighted by molar-refractivity contribution is 7.91. The lowest BCUT2D eigenvalue weighted by atomic mass is 10.3. The average molecular weight is 237 g/mol. The lowest BCUT2D eigenvalue weighted by molar-refractivity contribution is 0.566. The van der Waals surface area contributed by atoms with Gasteiger partial charge in [0.05, 0.1) is 5.75 Å². The smallest absolute Gasteiger partial charge is 0.181 e. The molecule has 1 aromatic rings. The van der Waals surface area contributed by atoms with Gasteiger partial charge in [0.15, 0.2) is 9.84 Å². The molecule has 0 aliphatic rings. The summed E-state index contributed by atoms with van der Waals surface area (Å²) in [6, 6.07) is 5.35. The van der Waals surface area contributed by atoms with E-state index in [0.29, 0.717) is 6.42 Å². The van der Waals surface area contributed by atoms with Crippen LogP contribution in [0.3, 0.4) is 0 Å². The molecule has 0 N–H and O–H groups in total. The largest absolute Gasteiger partial charge is 0.224 e. The molecule has 0 aromatic heterocycles. The fourth-order valence-corrected chi connectivity index (χ4v) is 2.74. The Kier molecular flexibility index (Phi) is 3.89. The quantitative estimate of drug-likeness (QED) is 0.752. The van der Waals surface area contributed by atoms with Crippen LogP contribution < -0.4 is 0 Å². The SMILES string of the molecule is O=S(=O)(CCCCl)c1ccccc1F. The number of benzene rings is 1. The predicted octanol–water partition coefficient (Wildman–Crippen LogP) is 2.23. The second kappa shape index (κ2) is 4.75. The fourth-order valence-electron chi connectivity index (χ4n) is 1.05. The highest BCUT2D eigenvalue weighted by Gasteiger charge is 2.17. The fraction of sp³-hybridized carbons (Fsp3) is 0.333. The maximum Gasteiger partial charge on any atom is 0.181 e. The molecule has 1 rings (SSSR count). The zero-order valence-electron chi connectivity index (χ0n) is 7.41. The third-order valence-electron chi connectivity index (χ3n) is 1.72. The molecule has 0 amide bonds. The Bertz CT molecular complexity index is 403. The maximum atomic E-state index is 13.1. The minimum absolute atomic E-state index is 0.114. The number of halogens is 2. The van der Waals surface area contributed by atoms with Gasteiger partial charge in [-0.1, -0.05) is 12.1 Å². The molecular weight excluding hydrogens is 227 g/mol. The predicted molar refractivity (Wildman–Crippen MR) is 53.8 cm³/mol. The third-order valence-corrected chi connectivity index (χ3v) is 3.81. The molecular formula is C9H10ClFO2S. The van der Waals surface area contributed by atoms with E-state index in [1.165, 1.54) is 18.2 Å². The van der Waals surface area contributed by atoms with Crippen LogP contribution in [0.15, 0.2) is 29.2 Å². The molecule has 0 saturated heterocycles. The van der Waals surface area contributed by atoms with E-state index >= 15 is 0 Å². The summed E-state index contributed by atoms with van der Waals surface area (Å²) < 4.78 is 36.1. The molecule has 14 heavy (non-hydrogen) atoms. The van der Waals surface area contributed by atoms with Crippen LogP contribution in [0.1, 0.15) is 6.42 Å². The third kappa shape index (κ3) is 2.69. The van der Waals surface area contributed by atoms with Crippen molar-refractivity contribution in [1.82, 2.24) is 0 Å². The van der Waals surface area contributed by atoms with Crippen molar-refractivity contribution >= 4 is 21.4 Å². The van der Waals surface area contributed by atoms with Crippen LogP contribution in [0.5, 0.6) is 0 Å². The van der Waals surface area contributed by atoms with E-state index in [2.05, 4.69) is 0 Å². The van der Waals surface area contributed by atoms with E-state index in [0.717, 1.165) is 6.07 Å². The van der Waals surface area contributed by atoms with Gasteiger partial charge in [-0.25, -0.2) is 12.8 Å². The van der Waals surface area contributed by atoms with Crippen molar-refractivity contribution in [3.05, 3.63) is 30.1 Å². The Morgan fingerprint density at radius 3 is 2.50 bits per heavy atom. The Morgan fingerprint density at radius 2 is 1.93 bits per heavy atom. The van der Waals surface area contributed by atoms with E-state index < -0.39 is 15.7 Å². The molecule has 78 valence electrons. The van der Waals surface area contributed by atoms with Crippen LogP contribution in [0.4, 0.5) is 4.39 Å². The minimum Gasteiger partial charge on any atom is -0.224 e. The second-order valence-electron chi connectivity index (χ2n) is 2.79. The van der Waals surface area contributed by atoms with Gasteiger partial charge in [-0.15, -0.1) is 11.6 Å². The van der Waals surface area contributed by atoms with Crippen LogP contribution in [-0.4, -0.2) is 20.1 Å². The zero-order valence-corrected chi connectivity index (χ0v) is 8.98. The van der Waals surface area contributed by atoms with Gasteiger partial charge in [-0.3, -0.25) is 0 Å². The van der Waals surface area contributed by atoms with Crippen LogP contribution in [-0.2, 0) is 9.84 Å². The minimum atomic E-state index is -3.51. The summed E-state index contributed by atoms with van der Waals surface area (Å²) >= 11 is 5.38. The number of sulfone groups is 1. The zero-order chi connectivity index (χ0) is 10.6. The van der Waals surface area contributed by atoms with Crippen LogP contribution in [0.2, 0.25) is 0 Å². The van der Waals surface area contributed by atoms with Crippen molar-refractivity contribution in [2.75, 3.05) is 11.6 Å². The Labute approximate surface area is 87.6 Å². The van der Waals surface area contributed by atoms with Gasteiger partial charge in [0, 0.05) is 5.88 Å². The summed E-state index contributed by atoms with van der Waals surface area (Å²) in [5.41, 5.74) is 0. The summed E-state index contributed by atoms with van der Waals surface area (Å²) in [7, 11) is -3.51. The van der Waals surface area contributed by atoms with Gasteiger partial charge in [-0.05, 0) is 18.6 Å². The summed E-state index contributed by atoms with van der Waals surface area (Å²) in [4.78, 5) is -0.245. The molecule has 0 spiro atoms. The molecule has 0 radical (unpaired) electrons. The van der Waals surface area contributed by atoms with Crippen molar-refractivity contribution in [2.45, 2.75) is 11.3 Å². The molecule has 0 heterocycles. The standard InChI is InChI=1S/C9H10ClFO2S/c10-6-3-7-14(12,13)9-5-2-1-4-8(9)11/h1-2,4-5H,3,6-7H2. The first kappa shape index (κ1) is 11.5. The lowest BCUT2D eigenvalue weighted by Gasteiger charge is -2.03. The van der Waals surface area contributed by atoms with E-state index in [9.17, 15) is 12.8 Å². The van der Waals surface area contributed by atoms with Crippen molar-refractivity contribution in [1.29, 1.82) is 0 Å². The molecule has 0 fully saturated rings. The van der Waals surface area contributed by atoms with Crippen LogP contribution in [0.25, 0.3) is 0 Å². The number of rotatable bonds is 4. The topological polar surface area (TPSA) is 34.1 Å². The molecule has 1 aromatic carbocycles. The molecule has 0 saturated carbocycles. The summed E-state index contributed by atoms with van der Waals surface area (Å²) in [5, 5.41) is 0. The van der Waals surface area contributed by atoms with Crippen molar-refractivity contribution in [2.24, 2.45) is 0 Å². The second-order valence-corrected chi connectivity index (χ2v) is 5.25. The van der Waals surface area contributed by atoms with E-state index in [-0.39, 0.29) is 16.5 Å². The van der Waals surface area contributed by atoms with E-state index in [1.54, 1.807) is 0 Å². The number of hydrogen-bond acceptors (Lipinski definition) is 2. The highest BCUT2D eigenvalue weighted by Crippen LogP contribution is 2.15. The van der Waals surface area contributed by atoms with Gasteiger partial charge in [0.25, 0.3) is 0 Å². The number of hydrogen-bond donors (Lipinski definition) is 0.